The van der Waals surface area contributed by atoms with E-state index in [9.17, 15) is 4.79 Å². The van der Waals surface area contributed by atoms with Gasteiger partial charge in [-0.15, -0.1) is 6.42 Å². The van der Waals surface area contributed by atoms with E-state index >= 15 is 0 Å². The lowest BCUT2D eigenvalue weighted by Gasteiger charge is -2.08. The van der Waals surface area contributed by atoms with Gasteiger partial charge in [-0.05, 0) is 49.2 Å². The van der Waals surface area contributed by atoms with E-state index in [2.05, 4.69) is 15.8 Å². The Kier molecular flexibility index (Phi) is 7.54. The minimum atomic E-state index is -0.129. The Morgan fingerprint density at radius 3 is 2.72 bits per heavy atom. The molecular weight excluding hydrogens is 386 g/mol. The average Bonchev–Trinajstić information content (AvgIpc) is 3.08. The third kappa shape index (κ3) is 6.00. The van der Waals surface area contributed by atoms with E-state index in [0.717, 1.165) is 42.5 Å². The molecule has 150 valence electrons. The Labute approximate surface area is 176 Å². The van der Waals surface area contributed by atoms with Crippen LogP contribution in [0.3, 0.4) is 0 Å². The number of fused-ring (bicyclic) bond motifs is 1. The zero-order valence-electron chi connectivity index (χ0n) is 16.2. The fourth-order valence-corrected chi connectivity index (χ4v) is 3.25. The fraction of sp³-hybridized carbons (Fsp3) is 0.304. The molecule has 1 amide bonds. The van der Waals surface area contributed by atoms with Gasteiger partial charge in [0, 0.05) is 18.0 Å². The molecule has 0 unspecified atom stereocenters. The van der Waals surface area contributed by atoms with Gasteiger partial charge in [0.05, 0.1) is 17.6 Å². The largest absolute Gasteiger partial charge is 0.484 e. The molecular formula is C23H24ClN3O2. The van der Waals surface area contributed by atoms with E-state index in [1.807, 2.05) is 24.3 Å². The third-order valence-corrected chi connectivity index (χ3v) is 4.82. The number of carbonyl (C=O) groups is 1. The van der Waals surface area contributed by atoms with Gasteiger partial charge in [0.2, 0.25) is 0 Å². The number of amides is 1. The average molecular weight is 410 g/mol. The van der Waals surface area contributed by atoms with Gasteiger partial charge in [-0.3, -0.25) is 4.79 Å². The second kappa shape index (κ2) is 10.5. The predicted octanol–water partition coefficient (Wildman–Crippen LogP) is 4.23. The van der Waals surface area contributed by atoms with Crippen molar-refractivity contribution in [1.29, 1.82) is 0 Å². The molecule has 2 aromatic carbocycles. The number of unbranched alkanes of at least 4 members (excludes halogenated alkanes) is 2. The molecule has 0 atom stereocenters. The monoisotopic (exact) mass is 409 g/mol. The maximum atomic E-state index is 11.9. The smallest absolute Gasteiger partial charge is 0.257 e. The van der Waals surface area contributed by atoms with Gasteiger partial charge in [0.1, 0.15) is 11.6 Å². The van der Waals surface area contributed by atoms with E-state index in [-0.39, 0.29) is 12.5 Å². The highest BCUT2D eigenvalue weighted by atomic mass is 35.5. The quantitative estimate of drug-likeness (QED) is 0.402. The number of hydrogen-bond acceptors (Lipinski definition) is 3. The second-order valence-electron chi connectivity index (χ2n) is 6.71. The standard InChI is InChI=1S/C23H24ClN3O2/c1-2-16-27-21-9-6-5-8-20(21)26-22(27)10-4-3-7-15-25-23(28)17-29-19-13-11-18(24)12-14-19/h1,5-6,8-9,11-14H,3-4,7,10,15-17H2,(H,25,28). The second-order valence-corrected chi connectivity index (χ2v) is 7.15. The number of ether oxygens (including phenoxy) is 1. The molecule has 5 nitrogen and oxygen atoms in total. The highest BCUT2D eigenvalue weighted by molar-refractivity contribution is 6.30. The van der Waals surface area contributed by atoms with Gasteiger partial charge < -0.3 is 14.6 Å². The number of para-hydroxylation sites is 2. The first-order chi connectivity index (χ1) is 14.2. The van der Waals surface area contributed by atoms with Crippen molar-refractivity contribution in [3.63, 3.8) is 0 Å². The van der Waals surface area contributed by atoms with Crippen molar-refractivity contribution < 1.29 is 9.53 Å². The van der Waals surface area contributed by atoms with E-state index < -0.39 is 0 Å². The summed E-state index contributed by atoms with van der Waals surface area (Å²) in [5.41, 5.74) is 2.05. The van der Waals surface area contributed by atoms with Gasteiger partial charge in [0.25, 0.3) is 5.91 Å². The lowest BCUT2D eigenvalue weighted by molar-refractivity contribution is -0.123. The Hall–Kier alpha value is -2.97. The van der Waals surface area contributed by atoms with Gasteiger partial charge >= 0.3 is 0 Å². The van der Waals surface area contributed by atoms with Crippen molar-refractivity contribution >= 4 is 28.5 Å². The molecule has 0 spiro atoms. The molecule has 29 heavy (non-hydrogen) atoms. The van der Waals surface area contributed by atoms with Crippen LogP contribution in [0.2, 0.25) is 5.02 Å². The van der Waals surface area contributed by atoms with Crippen LogP contribution in [-0.2, 0) is 17.8 Å². The molecule has 0 saturated carbocycles. The SMILES string of the molecule is C#CCn1c(CCCCCNC(=O)COc2ccc(Cl)cc2)nc2ccccc21. The molecule has 0 radical (unpaired) electrons. The summed E-state index contributed by atoms with van der Waals surface area (Å²) in [6, 6.07) is 15.0. The van der Waals surface area contributed by atoms with Crippen molar-refractivity contribution in [2.24, 2.45) is 0 Å². The summed E-state index contributed by atoms with van der Waals surface area (Å²) < 4.78 is 7.53. The van der Waals surface area contributed by atoms with Crippen molar-refractivity contribution in [3.05, 3.63) is 59.4 Å². The highest BCUT2D eigenvalue weighted by Crippen LogP contribution is 2.18. The number of aryl methyl sites for hydroxylation is 1. The van der Waals surface area contributed by atoms with Crippen LogP contribution < -0.4 is 10.1 Å². The number of nitrogens with zero attached hydrogens (tertiary/aromatic N) is 2. The van der Waals surface area contributed by atoms with Crippen LogP contribution in [0.4, 0.5) is 0 Å². The van der Waals surface area contributed by atoms with Gasteiger partial charge in [0.15, 0.2) is 6.61 Å². The number of carbonyl (C=O) groups excluding carboxylic acids is 1. The molecule has 0 fully saturated rings. The minimum Gasteiger partial charge on any atom is -0.484 e. The highest BCUT2D eigenvalue weighted by Gasteiger charge is 2.09. The minimum absolute atomic E-state index is 0.00224. The lowest BCUT2D eigenvalue weighted by Crippen LogP contribution is -2.29. The van der Waals surface area contributed by atoms with Gasteiger partial charge in [-0.1, -0.05) is 36.1 Å². The molecule has 0 aliphatic carbocycles. The summed E-state index contributed by atoms with van der Waals surface area (Å²) in [5, 5.41) is 3.51. The maximum Gasteiger partial charge on any atom is 0.257 e. The molecule has 0 aliphatic rings. The summed E-state index contributed by atoms with van der Waals surface area (Å²) in [4.78, 5) is 16.6. The van der Waals surface area contributed by atoms with Crippen molar-refractivity contribution in [1.82, 2.24) is 14.9 Å². The number of benzene rings is 2. The summed E-state index contributed by atoms with van der Waals surface area (Å²) in [5.74, 6) is 4.22. The zero-order chi connectivity index (χ0) is 20.5. The number of nitrogens with one attached hydrogen (secondary N) is 1. The first kappa shape index (κ1) is 20.8. The number of rotatable bonds is 10. The number of imidazole rings is 1. The zero-order valence-corrected chi connectivity index (χ0v) is 17.0. The van der Waals surface area contributed by atoms with E-state index in [0.29, 0.717) is 23.9 Å². The van der Waals surface area contributed by atoms with Crippen molar-refractivity contribution in [3.8, 4) is 18.1 Å². The van der Waals surface area contributed by atoms with Crippen LogP contribution in [0.25, 0.3) is 11.0 Å². The topological polar surface area (TPSA) is 56.2 Å². The van der Waals surface area contributed by atoms with E-state index in [4.69, 9.17) is 27.7 Å². The molecule has 6 heteroatoms. The fourth-order valence-electron chi connectivity index (χ4n) is 3.13. The molecule has 1 heterocycles. The van der Waals surface area contributed by atoms with Crippen LogP contribution in [0.15, 0.2) is 48.5 Å². The molecule has 3 rings (SSSR count). The predicted molar refractivity (Wildman–Crippen MR) is 116 cm³/mol. The van der Waals surface area contributed by atoms with E-state index in [1.165, 1.54) is 0 Å². The van der Waals surface area contributed by atoms with Crippen molar-refractivity contribution in [2.75, 3.05) is 13.2 Å². The molecule has 1 N–H and O–H groups in total. The number of aromatic nitrogens is 2. The molecule has 0 saturated heterocycles. The normalized spacial score (nSPS) is 10.6. The summed E-state index contributed by atoms with van der Waals surface area (Å²) >= 11 is 5.82. The molecule has 3 aromatic rings. The van der Waals surface area contributed by atoms with Gasteiger partial charge in [-0.25, -0.2) is 4.98 Å². The van der Waals surface area contributed by atoms with Crippen LogP contribution in [0.1, 0.15) is 25.1 Å². The Bertz CT molecular complexity index is 990. The molecule has 0 bridgehead atoms. The lowest BCUT2D eigenvalue weighted by atomic mass is 10.2. The maximum absolute atomic E-state index is 11.9. The van der Waals surface area contributed by atoms with Crippen LogP contribution in [0, 0.1) is 12.3 Å². The molecule has 1 aromatic heterocycles. The number of hydrogen-bond donors (Lipinski definition) is 1. The van der Waals surface area contributed by atoms with Crippen molar-refractivity contribution in [2.45, 2.75) is 32.2 Å². The summed E-state index contributed by atoms with van der Waals surface area (Å²) in [6.45, 7) is 1.15. The Morgan fingerprint density at radius 2 is 1.93 bits per heavy atom. The Morgan fingerprint density at radius 1 is 1.14 bits per heavy atom. The van der Waals surface area contributed by atoms with Crippen LogP contribution in [-0.4, -0.2) is 28.6 Å². The Balaban J connectivity index is 1.35. The number of halogens is 1. The van der Waals surface area contributed by atoms with Gasteiger partial charge in [-0.2, -0.15) is 0 Å². The summed E-state index contributed by atoms with van der Waals surface area (Å²) in [7, 11) is 0. The first-order valence-electron chi connectivity index (χ1n) is 9.70. The number of terminal acetylenes is 1. The summed E-state index contributed by atoms with van der Waals surface area (Å²) in [6.07, 6.45) is 9.27. The third-order valence-electron chi connectivity index (χ3n) is 4.57. The van der Waals surface area contributed by atoms with Crippen LogP contribution in [0.5, 0.6) is 5.75 Å². The molecule has 0 aliphatic heterocycles. The first-order valence-corrected chi connectivity index (χ1v) is 10.1. The van der Waals surface area contributed by atoms with E-state index in [1.54, 1.807) is 24.3 Å². The van der Waals surface area contributed by atoms with Crippen LogP contribution >= 0.6 is 11.6 Å².